The van der Waals surface area contributed by atoms with Crippen LogP contribution in [0.15, 0.2) is 28.7 Å². The molecule has 0 bridgehead atoms. The number of rotatable bonds is 3. The Hall–Kier alpha value is -0.670. The van der Waals surface area contributed by atoms with Crippen LogP contribution in [0.1, 0.15) is 31.7 Å². The van der Waals surface area contributed by atoms with Crippen LogP contribution in [0.25, 0.3) is 0 Å². The fourth-order valence-corrected chi connectivity index (χ4v) is 3.11. The van der Waals surface area contributed by atoms with Gasteiger partial charge in [0, 0.05) is 23.5 Å². The highest BCUT2D eigenvalue weighted by atomic mass is 79.9. The van der Waals surface area contributed by atoms with Gasteiger partial charge in [-0.05, 0) is 30.7 Å². The van der Waals surface area contributed by atoms with Gasteiger partial charge in [0.25, 0.3) is 0 Å². The quantitative estimate of drug-likeness (QED) is 0.852. The molecule has 98 valence electrons. The predicted octanol–water partition coefficient (Wildman–Crippen LogP) is 3.46. The van der Waals surface area contributed by atoms with E-state index in [0.29, 0.717) is 5.78 Å². The van der Waals surface area contributed by atoms with Gasteiger partial charge in [0.2, 0.25) is 0 Å². The zero-order chi connectivity index (χ0) is 13.1. The van der Waals surface area contributed by atoms with Gasteiger partial charge in [-0.15, -0.1) is 0 Å². The number of carbonyl (C=O) groups excluding carboxylic acids is 1. The van der Waals surface area contributed by atoms with E-state index in [0.717, 1.165) is 36.1 Å². The maximum Gasteiger partial charge on any atom is 0.145 e. The average molecular weight is 310 g/mol. The first kappa shape index (κ1) is 13.8. The summed E-state index contributed by atoms with van der Waals surface area (Å²) in [7, 11) is 0. The molecule has 1 aromatic rings. The molecule has 2 unspecified atom stereocenters. The van der Waals surface area contributed by atoms with E-state index in [2.05, 4.69) is 46.8 Å². The molecule has 0 spiro atoms. The summed E-state index contributed by atoms with van der Waals surface area (Å²) in [5, 5.41) is 0. The van der Waals surface area contributed by atoms with E-state index in [1.165, 1.54) is 0 Å². The summed E-state index contributed by atoms with van der Waals surface area (Å²) in [4.78, 5) is 14.9. The highest BCUT2D eigenvalue weighted by molar-refractivity contribution is 9.10. The van der Waals surface area contributed by atoms with Gasteiger partial charge in [0.15, 0.2) is 0 Å². The lowest BCUT2D eigenvalue weighted by atomic mass is 9.82. The number of hydrogen-bond donors (Lipinski definition) is 0. The van der Waals surface area contributed by atoms with E-state index >= 15 is 0 Å². The summed E-state index contributed by atoms with van der Waals surface area (Å²) >= 11 is 3.49. The minimum Gasteiger partial charge on any atom is -0.302 e. The molecule has 0 aromatic heterocycles. The summed E-state index contributed by atoms with van der Waals surface area (Å²) in [6.07, 6.45) is 0.944. The van der Waals surface area contributed by atoms with Gasteiger partial charge < -0.3 is 4.90 Å². The maximum absolute atomic E-state index is 12.5. The largest absolute Gasteiger partial charge is 0.302 e. The van der Waals surface area contributed by atoms with E-state index in [1.54, 1.807) is 0 Å². The van der Waals surface area contributed by atoms with E-state index in [-0.39, 0.29) is 11.8 Å². The molecule has 0 saturated carbocycles. The molecule has 2 atom stereocenters. The van der Waals surface area contributed by atoms with Crippen LogP contribution in [-0.2, 0) is 4.79 Å². The summed E-state index contributed by atoms with van der Waals surface area (Å²) < 4.78 is 1.05. The van der Waals surface area contributed by atoms with Gasteiger partial charge in [0.05, 0.1) is 5.92 Å². The van der Waals surface area contributed by atoms with E-state index in [9.17, 15) is 4.79 Å². The number of likely N-dealkylation sites (tertiary alicyclic amines) is 1. The van der Waals surface area contributed by atoms with E-state index < -0.39 is 0 Å². The normalized spacial score (nSPS) is 25.4. The molecule has 1 saturated heterocycles. The van der Waals surface area contributed by atoms with Crippen LogP contribution in [0.2, 0.25) is 0 Å². The Morgan fingerprint density at radius 1 is 1.33 bits per heavy atom. The SMILES string of the molecule is CCC1CN(CC)CC(c2cccc(Br)c2)C1=O. The Balaban J connectivity index is 2.27. The van der Waals surface area contributed by atoms with Crippen molar-refractivity contribution in [2.75, 3.05) is 19.6 Å². The molecule has 1 aliphatic heterocycles. The molecule has 0 amide bonds. The van der Waals surface area contributed by atoms with Crippen molar-refractivity contribution >= 4 is 21.7 Å². The second-order valence-corrected chi connectivity index (χ2v) is 5.88. The van der Waals surface area contributed by atoms with Gasteiger partial charge in [-0.3, -0.25) is 4.79 Å². The highest BCUT2D eigenvalue weighted by Crippen LogP contribution is 2.29. The standard InChI is InChI=1S/C15H20BrNO/c1-3-11-9-17(4-2)10-14(15(11)18)12-6-5-7-13(16)8-12/h5-8,11,14H,3-4,9-10H2,1-2H3. The van der Waals surface area contributed by atoms with Gasteiger partial charge in [-0.1, -0.05) is 41.9 Å². The van der Waals surface area contributed by atoms with Crippen LogP contribution in [-0.4, -0.2) is 30.3 Å². The first-order valence-corrected chi connectivity index (χ1v) is 7.46. The fourth-order valence-electron chi connectivity index (χ4n) is 2.69. The number of ketones is 1. The monoisotopic (exact) mass is 309 g/mol. The van der Waals surface area contributed by atoms with Crippen molar-refractivity contribution in [1.29, 1.82) is 0 Å². The summed E-state index contributed by atoms with van der Waals surface area (Å²) in [5.74, 6) is 0.657. The van der Waals surface area contributed by atoms with E-state index in [1.807, 2.05) is 12.1 Å². The number of hydrogen-bond acceptors (Lipinski definition) is 2. The lowest BCUT2D eigenvalue weighted by Crippen LogP contribution is -2.45. The van der Waals surface area contributed by atoms with Crippen LogP contribution in [0.3, 0.4) is 0 Å². The second kappa shape index (κ2) is 5.98. The molecule has 1 aromatic carbocycles. The predicted molar refractivity (Wildman–Crippen MR) is 77.8 cm³/mol. The lowest BCUT2D eigenvalue weighted by Gasteiger charge is -2.36. The van der Waals surface area contributed by atoms with Gasteiger partial charge in [0.1, 0.15) is 5.78 Å². The third kappa shape index (κ3) is 2.83. The number of carbonyl (C=O) groups is 1. The van der Waals surface area contributed by atoms with Crippen LogP contribution in [0, 0.1) is 5.92 Å². The van der Waals surface area contributed by atoms with Gasteiger partial charge in [-0.2, -0.15) is 0 Å². The molecule has 0 aliphatic carbocycles. The van der Waals surface area contributed by atoms with Crippen molar-refractivity contribution in [2.45, 2.75) is 26.2 Å². The molecule has 18 heavy (non-hydrogen) atoms. The van der Waals surface area contributed by atoms with E-state index in [4.69, 9.17) is 0 Å². The molecule has 1 heterocycles. The second-order valence-electron chi connectivity index (χ2n) is 4.97. The van der Waals surface area contributed by atoms with Crippen LogP contribution >= 0.6 is 15.9 Å². The minimum atomic E-state index is 0.0427. The zero-order valence-corrected chi connectivity index (χ0v) is 12.6. The Bertz CT molecular complexity index is 432. The van der Waals surface area contributed by atoms with Crippen molar-refractivity contribution < 1.29 is 4.79 Å². The number of halogens is 1. The smallest absolute Gasteiger partial charge is 0.145 e. The molecule has 0 radical (unpaired) electrons. The molecule has 1 aliphatic rings. The highest BCUT2D eigenvalue weighted by Gasteiger charge is 2.34. The van der Waals surface area contributed by atoms with Crippen LogP contribution in [0.4, 0.5) is 0 Å². The molecule has 1 fully saturated rings. The van der Waals surface area contributed by atoms with Crippen molar-refractivity contribution in [3.05, 3.63) is 34.3 Å². The van der Waals surface area contributed by atoms with Crippen LogP contribution < -0.4 is 0 Å². The molecule has 3 heteroatoms. The minimum absolute atomic E-state index is 0.0427. The first-order chi connectivity index (χ1) is 8.65. The number of nitrogens with zero attached hydrogens (tertiary/aromatic N) is 1. The lowest BCUT2D eigenvalue weighted by molar-refractivity contribution is -0.128. The molecule has 2 nitrogen and oxygen atoms in total. The van der Waals surface area contributed by atoms with Gasteiger partial charge in [-0.25, -0.2) is 0 Å². The number of Topliss-reactive ketones (excluding diaryl/α,β-unsaturated/α-hetero) is 1. The van der Waals surface area contributed by atoms with Crippen molar-refractivity contribution in [3.8, 4) is 0 Å². The Labute approximate surface area is 117 Å². The number of piperidine rings is 1. The third-order valence-corrected chi connectivity index (χ3v) is 4.35. The molecular weight excluding hydrogens is 290 g/mol. The van der Waals surface area contributed by atoms with Crippen molar-refractivity contribution in [3.63, 3.8) is 0 Å². The van der Waals surface area contributed by atoms with Crippen LogP contribution in [0.5, 0.6) is 0 Å². The van der Waals surface area contributed by atoms with Gasteiger partial charge >= 0.3 is 0 Å². The molecule has 0 N–H and O–H groups in total. The summed E-state index contributed by atoms with van der Waals surface area (Å²) in [6.45, 7) is 7.09. The third-order valence-electron chi connectivity index (χ3n) is 3.86. The van der Waals surface area contributed by atoms with Crippen molar-refractivity contribution in [2.24, 2.45) is 5.92 Å². The molecule has 2 rings (SSSR count). The summed E-state index contributed by atoms with van der Waals surface area (Å²) in [5.41, 5.74) is 1.14. The Morgan fingerprint density at radius 2 is 2.11 bits per heavy atom. The fraction of sp³-hybridized carbons (Fsp3) is 0.533. The maximum atomic E-state index is 12.5. The number of likely N-dealkylation sites (N-methyl/N-ethyl adjacent to an activating group) is 1. The summed E-state index contributed by atoms with van der Waals surface area (Å²) in [6, 6.07) is 8.16. The first-order valence-electron chi connectivity index (χ1n) is 6.67. The Kier molecular flexibility index (Phi) is 4.57. The molecular formula is C15H20BrNO. The Morgan fingerprint density at radius 3 is 2.72 bits per heavy atom. The average Bonchev–Trinajstić information content (AvgIpc) is 2.39. The topological polar surface area (TPSA) is 20.3 Å². The number of benzene rings is 1. The zero-order valence-electron chi connectivity index (χ0n) is 11.0. The van der Waals surface area contributed by atoms with Crippen molar-refractivity contribution in [1.82, 2.24) is 4.90 Å².